The number of rotatable bonds is 4. The molecular formula is C13H17NO2S. The van der Waals surface area contributed by atoms with Gasteiger partial charge in [-0.25, -0.2) is 0 Å². The van der Waals surface area contributed by atoms with Crippen molar-refractivity contribution in [3.63, 3.8) is 0 Å². The summed E-state index contributed by atoms with van der Waals surface area (Å²) in [4.78, 5) is 13.8. The van der Waals surface area contributed by atoms with Crippen LogP contribution >= 0.6 is 11.8 Å². The molecule has 2 rings (SSSR count). The molecule has 1 amide bonds. The molecule has 0 aliphatic carbocycles. The van der Waals surface area contributed by atoms with Crippen molar-refractivity contribution in [2.45, 2.75) is 17.7 Å². The maximum Gasteiger partial charge on any atom is 0.241 e. The van der Waals surface area contributed by atoms with Crippen molar-refractivity contribution in [3.8, 4) is 0 Å². The summed E-state index contributed by atoms with van der Waals surface area (Å²) in [6.45, 7) is 2.45. The van der Waals surface area contributed by atoms with Gasteiger partial charge in [0.15, 0.2) is 0 Å². The van der Waals surface area contributed by atoms with E-state index in [0.717, 1.165) is 5.56 Å². The molecule has 1 aromatic rings. The predicted octanol–water partition coefficient (Wildman–Crippen LogP) is 2.08. The Morgan fingerprint density at radius 1 is 1.41 bits per heavy atom. The van der Waals surface area contributed by atoms with Gasteiger partial charge in [0.25, 0.3) is 0 Å². The van der Waals surface area contributed by atoms with Crippen molar-refractivity contribution in [2.75, 3.05) is 20.1 Å². The summed E-state index contributed by atoms with van der Waals surface area (Å²) < 4.78 is 5.12. The Kier molecular flexibility index (Phi) is 3.45. The van der Waals surface area contributed by atoms with Crippen LogP contribution in [0.25, 0.3) is 0 Å². The fraction of sp³-hybridized carbons (Fsp3) is 0.462. The smallest absolute Gasteiger partial charge is 0.241 e. The van der Waals surface area contributed by atoms with Gasteiger partial charge in [-0.15, -0.1) is 11.8 Å². The molecule has 1 saturated heterocycles. The highest BCUT2D eigenvalue weighted by molar-refractivity contribution is 8.00. The van der Waals surface area contributed by atoms with E-state index in [1.165, 1.54) is 0 Å². The highest BCUT2D eigenvalue weighted by Crippen LogP contribution is 2.46. The second-order valence-corrected chi connectivity index (χ2v) is 5.26. The first-order valence-corrected chi connectivity index (χ1v) is 6.83. The lowest BCUT2D eigenvalue weighted by atomic mass is 9.79. The number of carbonyl (C=O) groups excluding carboxylic acids is 1. The molecule has 0 N–H and O–H groups in total. The van der Waals surface area contributed by atoms with Crippen molar-refractivity contribution in [2.24, 2.45) is 0 Å². The Balaban J connectivity index is 2.35. The number of thioether (sulfide) groups is 1. The molecule has 3 nitrogen and oxygen atoms in total. The van der Waals surface area contributed by atoms with Crippen LogP contribution in [0.2, 0.25) is 0 Å². The van der Waals surface area contributed by atoms with Gasteiger partial charge in [-0.05, 0) is 18.7 Å². The highest BCUT2D eigenvalue weighted by Gasteiger charge is 2.57. The normalized spacial score (nSPS) is 28.1. The molecule has 1 aliphatic rings. The Labute approximate surface area is 106 Å². The zero-order valence-corrected chi connectivity index (χ0v) is 11.2. The molecule has 0 aromatic heterocycles. The first kappa shape index (κ1) is 12.5. The third-order valence-electron chi connectivity index (χ3n) is 3.41. The van der Waals surface area contributed by atoms with E-state index in [4.69, 9.17) is 4.74 Å². The third-order valence-corrected chi connectivity index (χ3v) is 4.55. The van der Waals surface area contributed by atoms with Gasteiger partial charge in [-0.3, -0.25) is 4.79 Å². The molecule has 0 radical (unpaired) electrons. The largest absolute Gasteiger partial charge is 0.364 e. The van der Waals surface area contributed by atoms with Crippen LogP contribution < -0.4 is 0 Å². The van der Waals surface area contributed by atoms with Gasteiger partial charge < -0.3 is 9.64 Å². The van der Waals surface area contributed by atoms with Crippen LogP contribution in [0.3, 0.4) is 0 Å². The molecule has 1 aromatic carbocycles. The fourth-order valence-corrected chi connectivity index (χ4v) is 3.48. The van der Waals surface area contributed by atoms with Crippen LogP contribution in [0.4, 0.5) is 0 Å². The number of hydrogen-bond acceptors (Lipinski definition) is 3. The molecule has 0 saturated carbocycles. The summed E-state index contributed by atoms with van der Waals surface area (Å²) in [5.74, 6) is 0.158. The van der Waals surface area contributed by atoms with E-state index in [1.54, 1.807) is 23.8 Å². The zero-order valence-electron chi connectivity index (χ0n) is 10.3. The van der Waals surface area contributed by atoms with Gasteiger partial charge in [0.1, 0.15) is 12.0 Å². The van der Waals surface area contributed by atoms with Gasteiger partial charge in [-0.2, -0.15) is 0 Å². The molecular weight excluding hydrogens is 234 g/mol. The minimum atomic E-state index is -0.256. The number of nitrogens with zero attached hydrogens (tertiary/aromatic N) is 1. The van der Waals surface area contributed by atoms with Crippen molar-refractivity contribution in [3.05, 3.63) is 35.9 Å². The van der Waals surface area contributed by atoms with E-state index in [9.17, 15) is 4.79 Å². The van der Waals surface area contributed by atoms with Gasteiger partial charge in [-0.1, -0.05) is 30.3 Å². The summed E-state index contributed by atoms with van der Waals surface area (Å²) >= 11 is 1.60. The number of ether oxygens (including phenoxy) is 1. The molecule has 4 heteroatoms. The van der Waals surface area contributed by atoms with Crippen molar-refractivity contribution in [1.29, 1.82) is 0 Å². The molecule has 1 fully saturated rings. The lowest BCUT2D eigenvalue weighted by molar-refractivity contribution is -0.164. The van der Waals surface area contributed by atoms with Crippen LogP contribution in [0.1, 0.15) is 12.5 Å². The molecule has 1 heterocycles. The number of amides is 1. The SMILES string of the molecule is COCN1C(=O)C(SC)C1(C)c1ccccc1. The lowest BCUT2D eigenvalue weighted by Gasteiger charge is -2.55. The van der Waals surface area contributed by atoms with Gasteiger partial charge in [0, 0.05) is 7.11 Å². The molecule has 2 unspecified atom stereocenters. The standard InChI is InChI=1S/C13H17NO2S/c1-13(10-7-5-4-6-8-10)11(17-3)12(15)14(13)9-16-2/h4-8,11H,9H2,1-3H3. The molecule has 1 aliphatic heterocycles. The number of β-lactam (4-membered cyclic amide) rings is 1. The van der Waals surface area contributed by atoms with Crippen LogP contribution in [0.15, 0.2) is 30.3 Å². The van der Waals surface area contributed by atoms with Crippen LogP contribution in [0, 0.1) is 0 Å². The van der Waals surface area contributed by atoms with Crippen LogP contribution in [0.5, 0.6) is 0 Å². The first-order valence-electron chi connectivity index (χ1n) is 5.55. The van der Waals surface area contributed by atoms with E-state index in [-0.39, 0.29) is 16.7 Å². The number of hydrogen-bond donors (Lipinski definition) is 0. The monoisotopic (exact) mass is 251 g/mol. The summed E-state index contributed by atoms with van der Waals surface area (Å²) in [5.41, 5.74) is 0.907. The van der Waals surface area contributed by atoms with Crippen LogP contribution in [-0.4, -0.2) is 36.2 Å². The van der Waals surface area contributed by atoms with Crippen molar-refractivity contribution in [1.82, 2.24) is 4.90 Å². The minimum Gasteiger partial charge on any atom is -0.364 e. The topological polar surface area (TPSA) is 29.5 Å². The average molecular weight is 251 g/mol. The molecule has 17 heavy (non-hydrogen) atoms. The number of carbonyl (C=O) groups is 1. The summed E-state index contributed by atoms with van der Waals surface area (Å²) in [6.07, 6.45) is 1.98. The van der Waals surface area contributed by atoms with E-state index in [0.29, 0.717) is 6.73 Å². The maximum absolute atomic E-state index is 12.0. The van der Waals surface area contributed by atoms with E-state index >= 15 is 0 Å². The Morgan fingerprint density at radius 3 is 2.59 bits per heavy atom. The zero-order chi connectivity index (χ0) is 12.5. The number of likely N-dealkylation sites (tertiary alicyclic amines) is 1. The van der Waals surface area contributed by atoms with Crippen molar-refractivity contribution < 1.29 is 9.53 Å². The lowest BCUT2D eigenvalue weighted by Crippen LogP contribution is -2.69. The molecule has 2 atom stereocenters. The Bertz CT molecular complexity index is 409. The van der Waals surface area contributed by atoms with Gasteiger partial charge >= 0.3 is 0 Å². The summed E-state index contributed by atoms with van der Waals surface area (Å²) in [6, 6.07) is 10.1. The predicted molar refractivity (Wildman–Crippen MR) is 69.8 cm³/mol. The van der Waals surface area contributed by atoms with Gasteiger partial charge in [0.2, 0.25) is 5.91 Å². The molecule has 92 valence electrons. The minimum absolute atomic E-state index is 0.0138. The Hall–Kier alpha value is -1.00. The quantitative estimate of drug-likeness (QED) is 0.767. The highest BCUT2D eigenvalue weighted by atomic mass is 32.2. The van der Waals surface area contributed by atoms with E-state index in [1.807, 2.05) is 24.5 Å². The van der Waals surface area contributed by atoms with Gasteiger partial charge in [0.05, 0.1) is 5.54 Å². The number of methoxy groups -OCH3 is 1. The average Bonchev–Trinajstić information content (AvgIpc) is 2.37. The maximum atomic E-state index is 12.0. The first-order chi connectivity index (χ1) is 8.16. The fourth-order valence-electron chi connectivity index (χ4n) is 2.43. The number of benzene rings is 1. The molecule has 0 spiro atoms. The van der Waals surface area contributed by atoms with Crippen LogP contribution in [-0.2, 0) is 15.1 Å². The molecule has 0 bridgehead atoms. The van der Waals surface area contributed by atoms with E-state index in [2.05, 4.69) is 19.1 Å². The van der Waals surface area contributed by atoms with E-state index < -0.39 is 0 Å². The Morgan fingerprint density at radius 2 is 2.06 bits per heavy atom. The summed E-state index contributed by atoms with van der Waals surface area (Å²) in [7, 11) is 1.62. The third kappa shape index (κ3) is 1.76. The second kappa shape index (κ2) is 4.70. The van der Waals surface area contributed by atoms with Crippen molar-refractivity contribution >= 4 is 17.7 Å². The second-order valence-electron chi connectivity index (χ2n) is 4.31. The summed E-state index contributed by atoms with van der Waals surface area (Å²) in [5, 5.41) is -0.0138.